The van der Waals surface area contributed by atoms with Crippen molar-refractivity contribution in [1.82, 2.24) is 15.2 Å². The summed E-state index contributed by atoms with van der Waals surface area (Å²) in [5, 5.41) is 7.13. The molecule has 0 radical (unpaired) electrons. The lowest BCUT2D eigenvalue weighted by molar-refractivity contribution is -0.187. The van der Waals surface area contributed by atoms with Crippen molar-refractivity contribution in [2.45, 2.75) is 103 Å². The quantitative estimate of drug-likeness (QED) is 0.117. The number of nitrogens with one attached hydrogen (secondary N) is 1. The fraction of sp³-hybridized carbons (Fsp3) is 0.485. The second-order valence-electron chi connectivity index (χ2n) is 13.1. The first-order valence-corrected chi connectivity index (χ1v) is 15.3. The van der Waals surface area contributed by atoms with Crippen LogP contribution in [0.1, 0.15) is 83.7 Å². The van der Waals surface area contributed by atoms with Crippen LogP contribution in [0.4, 0.5) is 41.6 Å². The Morgan fingerprint density at radius 3 is 2.04 bits per heavy atom. The molecule has 2 atom stereocenters. The number of imide groups is 1. The van der Waals surface area contributed by atoms with Crippen molar-refractivity contribution >= 4 is 17.9 Å². The largest absolute Gasteiger partial charge is 0.443 e. The van der Waals surface area contributed by atoms with Crippen LogP contribution >= 0.6 is 0 Å². The summed E-state index contributed by atoms with van der Waals surface area (Å²) < 4.78 is 108. The van der Waals surface area contributed by atoms with E-state index in [-0.39, 0.29) is 30.4 Å². The number of halogens is 6. The summed E-state index contributed by atoms with van der Waals surface area (Å²) in [4.78, 5) is 41.3. The minimum Gasteiger partial charge on any atom is -0.443 e. The molecule has 0 aliphatic carbocycles. The lowest BCUT2D eigenvalue weighted by atomic mass is 9.96. The minimum atomic E-state index is -5.31. The van der Waals surface area contributed by atoms with Crippen molar-refractivity contribution in [3.63, 3.8) is 0 Å². The van der Waals surface area contributed by atoms with E-state index in [1.165, 1.54) is 47.6 Å². The maximum absolute atomic E-state index is 14.7. The van der Waals surface area contributed by atoms with Gasteiger partial charge in [0, 0.05) is 0 Å². The zero-order valence-electron chi connectivity index (χ0n) is 28.2. The first-order valence-electron chi connectivity index (χ1n) is 15.3. The monoisotopic (exact) mass is 716 g/mol. The summed E-state index contributed by atoms with van der Waals surface area (Å²) in [6.07, 6.45) is -13.1. The summed E-state index contributed by atoms with van der Waals surface area (Å²) >= 11 is 0. The Morgan fingerprint density at radius 1 is 0.960 bits per heavy atom. The van der Waals surface area contributed by atoms with Gasteiger partial charge in [0.2, 0.25) is 5.89 Å². The maximum Gasteiger partial charge on any atom is 0.424 e. The van der Waals surface area contributed by atoms with E-state index in [2.05, 4.69) is 16.8 Å². The van der Waals surface area contributed by atoms with Crippen molar-refractivity contribution in [3.8, 4) is 11.6 Å². The van der Waals surface area contributed by atoms with Gasteiger partial charge in [0.15, 0.2) is 5.92 Å². The van der Waals surface area contributed by atoms with Crippen LogP contribution < -0.4 is 10.5 Å². The number of hydrogen-bond donors (Lipinski definition) is 1. The summed E-state index contributed by atoms with van der Waals surface area (Å²) in [6, 6.07) is 8.51. The number of alkyl halides is 6. The van der Waals surface area contributed by atoms with E-state index in [0.717, 1.165) is 0 Å². The number of H-pyrrole nitrogens is 1. The Morgan fingerprint density at radius 2 is 1.54 bits per heavy atom. The molecule has 1 aromatic carbocycles. The molecule has 0 aliphatic rings. The number of nitrogens with zero attached hydrogens (tertiary/aromatic N) is 3. The molecular weight excluding hydrogens is 678 g/mol. The third-order valence-electron chi connectivity index (χ3n) is 6.57. The summed E-state index contributed by atoms with van der Waals surface area (Å²) in [5.41, 5.74) is -7.60. The first kappa shape index (κ1) is 39.8. The van der Waals surface area contributed by atoms with Gasteiger partial charge < -0.3 is 23.6 Å². The van der Waals surface area contributed by atoms with Crippen molar-refractivity contribution < 1.29 is 54.6 Å². The van der Waals surface area contributed by atoms with E-state index in [9.17, 15) is 40.7 Å². The third kappa shape index (κ3) is 10.9. The molecular formula is C33H38F6N4O7. The number of ether oxygens (including phenoxy) is 3. The summed E-state index contributed by atoms with van der Waals surface area (Å²) in [7, 11) is 0. The van der Waals surface area contributed by atoms with Gasteiger partial charge in [-0.15, -0.1) is 16.8 Å². The Labute approximate surface area is 283 Å². The van der Waals surface area contributed by atoms with E-state index in [4.69, 9.17) is 18.6 Å². The Balaban J connectivity index is 2.24. The van der Waals surface area contributed by atoms with Gasteiger partial charge in [-0.25, -0.2) is 9.59 Å². The highest BCUT2D eigenvalue weighted by molar-refractivity contribution is 6.11. The average molecular weight is 717 g/mol. The van der Waals surface area contributed by atoms with E-state index in [1.807, 2.05) is 4.98 Å². The van der Waals surface area contributed by atoms with Crippen LogP contribution in [0, 0.1) is 0 Å². The zero-order chi connectivity index (χ0) is 37.7. The molecule has 1 N–H and O–H groups in total. The summed E-state index contributed by atoms with van der Waals surface area (Å²) in [6.45, 7) is 11.8. The normalized spacial score (nSPS) is 13.8. The maximum atomic E-state index is 14.7. The number of pyridine rings is 1. The number of allylic oxidation sites excluding steroid dienone is 1. The molecule has 0 saturated heterocycles. The predicted octanol–water partition coefficient (Wildman–Crippen LogP) is 8.71. The van der Waals surface area contributed by atoms with Gasteiger partial charge in [0.05, 0.1) is 18.4 Å². The molecule has 2 aromatic heterocycles. The Kier molecular flexibility index (Phi) is 12.3. The molecule has 0 aliphatic heterocycles. The van der Waals surface area contributed by atoms with Gasteiger partial charge >= 0.3 is 24.5 Å². The van der Waals surface area contributed by atoms with Gasteiger partial charge in [-0.2, -0.15) is 31.2 Å². The molecule has 3 aromatic rings. The van der Waals surface area contributed by atoms with Crippen molar-refractivity contribution in [1.29, 1.82) is 0 Å². The van der Waals surface area contributed by atoms with E-state index >= 15 is 0 Å². The lowest BCUT2D eigenvalue weighted by Crippen LogP contribution is -2.44. The third-order valence-corrected chi connectivity index (χ3v) is 6.57. The molecule has 274 valence electrons. The fourth-order valence-corrected chi connectivity index (χ4v) is 4.51. The Bertz CT molecular complexity index is 1660. The topological polar surface area (TPSA) is 137 Å². The van der Waals surface area contributed by atoms with Crippen LogP contribution in [0.5, 0.6) is 0 Å². The number of aromatic amines is 1. The number of carbonyl (C=O) groups excluding carboxylic acids is 2. The van der Waals surface area contributed by atoms with E-state index in [1.54, 1.807) is 30.3 Å². The number of rotatable bonds is 11. The number of aromatic nitrogens is 3. The number of carbonyl (C=O) groups is 2. The predicted molar refractivity (Wildman–Crippen MR) is 168 cm³/mol. The molecule has 50 heavy (non-hydrogen) atoms. The molecule has 2 amide bonds. The van der Waals surface area contributed by atoms with Crippen LogP contribution in [-0.4, -0.2) is 50.9 Å². The fourth-order valence-electron chi connectivity index (χ4n) is 4.51. The van der Waals surface area contributed by atoms with Gasteiger partial charge in [0.25, 0.3) is 11.4 Å². The number of benzene rings is 1. The molecule has 17 heteroatoms. The second kappa shape index (κ2) is 15.5. The van der Waals surface area contributed by atoms with Crippen LogP contribution in [0.2, 0.25) is 0 Å². The smallest absolute Gasteiger partial charge is 0.424 e. The van der Waals surface area contributed by atoms with Gasteiger partial charge in [0.1, 0.15) is 22.5 Å². The molecule has 2 unspecified atom stereocenters. The highest BCUT2D eigenvalue weighted by atomic mass is 19.4. The van der Waals surface area contributed by atoms with Crippen LogP contribution in [0.15, 0.2) is 58.3 Å². The van der Waals surface area contributed by atoms with Gasteiger partial charge in [-0.1, -0.05) is 36.4 Å². The SMILES string of the molecule is C=CCCCC(OCc1ccccc1)C(c1nnc(-c2[nH]c(=O)c(C(F)(F)F)cc2N(C(=O)OC(C)(C)C)C(=O)OC(C)(C)C)o1)C(F)(F)F. The second-order valence-corrected chi connectivity index (χ2v) is 13.1. The van der Waals surface area contributed by atoms with Gasteiger partial charge in [-0.05, 0) is 72.4 Å². The summed E-state index contributed by atoms with van der Waals surface area (Å²) in [5.74, 6) is -4.56. The highest BCUT2D eigenvalue weighted by Gasteiger charge is 2.50. The van der Waals surface area contributed by atoms with Crippen LogP contribution in [0.3, 0.4) is 0 Å². The molecule has 3 rings (SSSR count). The number of anilines is 1. The van der Waals surface area contributed by atoms with Crippen molar-refractivity contribution in [3.05, 3.63) is 76.4 Å². The lowest BCUT2D eigenvalue weighted by Gasteiger charge is -2.29. The average Bonchev–Trinajstić information content (AvgIpc) is 3.43. The highest BCUT2D eigenvalue weighted by Crippen LogP contribution is 2.42. The number of amides is 2. The van der Waals surface area contributed by atoms with Crippen molar-refractivity contribution in [2.24, 2.45) is 0 Å². The van der Waals surface area contributed by atoms with Crippen molar-refractivity contribution in [2.75, 3.05) is 4.90 Å². The molecule has 0 spiro atoms. The van der Waals surface area contributed by atoms with Crippen LogP contribution in [-0.2, 0) is 27.0 Å². The standard InChI is InChI=1S/C33H38F6N4O7/c1-8-9-11-16-22(47-18-19-14-12-10-13-15-19)23(33(37,38)39)26-41-42-27(48-26)24-21(17-20(25(44)40-24)32(34,35)36)43(28(45)49-30(2,3)4)29(46)50-31(5,6)7/h8,10,12-15,17,22-23H,1,9,11,16,18H2,2-7H3,(H,40,44). The van der Waals surface area contributed by atoms with E-state index in [0.29, 0.717) is 12.0 Å². The Hall–Kier alpha value is -4.67. The minimum absolute atomic E-state index is 0.0448. The first-order chi connectivity index (χ1) is 23.0. The molecule has 0 fully saturated rings. The molecule has 2 heterocycles. The molecule has 0 saturated carbocycles. The van der Waals surface area contributed by atoms with Gasteiger partial charge in [-0.3, -0.25) is 4.79 Å². The van der Waals surface area contributed by atoms with Crippen LogP contribution in [0.25, 0.3) is 11.6 Å². The molecule has 11 nitrogen and oxygen atoms in total. The molecule has 0 bridgehead atoms. The zero-order valence-corrected chi connectivity index (χ0v) is 28.2. The van der Waals surface area contributed by atoms with E-state index < -0.39 is 82.0 Å². The number of hydrogen-bond acceptors (Lipinski definition) is 9. The number of unbranched alkanes of at least 4 members (excludes halogenated alkanes) is 1.